The van der Waals surface area contributed by atoms with Crippen LogP contribution in [0.3, 0.4) is 0 Å². The Kier molecular flexibility index (Phi) is 5.25. The van der Waals surface area contributed by atoms with Gasteiger partial charge in [0.2, 0.25) is 0 Å². The normalized spacial score (nSPS) is 11.9. The molecule has 0 fully saturated rings. The lowest BCUT2D eigenvalue weighted by atomic mass is 10.0. The van der Waals surface area contributed by atoms with Gasteiger partial charge in [0.1, 0.15) is 0 Å². The monoisotopic (exact) mass is 586 g/mol. The van der Waals surface area contributed by atoms with Crippen LogP contribution in [0.2, 0.25) is 0 Å². The molecule has 0 radical (unpaired) electrons. The van der Waals surface area contributed by atoms with E-state index < -0.39 is 0 Å². The topological polar surface area (TPSA) is 35.6 Å². The minimum Gasteiger partial charge on any atom is -0.309 e. The number of pyridine rings is 2. The highest BCUT2D eigenvalue weighted by atomic mass is 15.0. The van der Waals surface area contributed by atoms with Crippen LogP contribution in [0.5, 0.6) is 0 Å². The molecule has 4 heteroatoms. The largest absolute Gasteiger partial charge is 0.309 e. The summed E-state index contributed by atoms with van der Waals surface area (Å²) in [5, 5.41) is 7.12. The number of aromatic nitrogens is 4. The molecule has 0 aliphatic rings. The lowest BCUT2D eigenvalue weighted by Crippen LogP contribution is -1.97. The summed E-state index contributed by atoms with van der Waals surface area (Å²) in [7, 11) is 0. The summed E-state index contributed by atoms with van der Waals surface area (Å²) in [5.41, 5.74) is 11.3. The fraction of sp³-hybridized carbons (Fsp3) is 0. The third-order valence-electron chi connectivity index (χ3n) is 9.37. The Bertz CT molecular complexity index is 2810. The smallest absolute Gasteiger partial charge is 0.0985 e. The summed E-state index contributed by atoms with van der Waals surface area (Å²) in [4.78, 5) is 9.47. The molecule has 0 saturated carbocycles. The maximum atomic E-state index is 4.78. The first-order chi connectivity index (χ1) is 22.8. The molecular formula is C42H26N4. The summed E-state index contributed by atoms with van der Waals surface area (Å²) in [5.74, 6) is 0. The van der Waals surface area contributed by atoms with E-state index in [0.717, 1.165) is 27.5 Å². The van der Waals surface area contributed by atoms with Gasteiger partial charge in [-0.15, -0.1) is 0 Å². The highest BCUT2D eigenvalue weighted by Gasteiger charge is 2.18. The maximum absolute atomic E-state index is 4.78. The Labute approximate surface area is 264 Å². The fourth-order valence-corrected chi connectivity index (χ4v) is 7.36. The first-order valence-corrected chi connectivity index (χ1v) is 15.6. The van der Waals surface area contributed by atoms with E-state index in [1.807, 2.05) is 24.5 Å². The first kappa shape index (κ1) is 25.1. The average molecular weight is 587 g/mol. The molecule has 0 spiro atoms. The van der Waals surface area contributed by atoms with Gasteiger partial charge in [0, 0.05) is 50.4 Å². The van der Waals surface area contributed by atoms with Crippen LogP contribution >= 0.6 is 0 Å². The van der Waals surface area contributed by atoms with E-state index in [0.29, 0.717) is 0 Å². The van der Waals surface area contributed by atoms with Gasteiger partial charge in [-0.25, -0.2) is 0 Å². The van der Waals surface area contributed by atoms with E-state index in [1.165, 1.54) is 60.4 Å². The van der Waals surface area contributed by atoms with Crippen molar-refractivity contribution in [2.75, 3.05) is 0 Å². The molecule has 0 atom stereocenters. The van der Waals surface area contributed by atoms with Crippen molar-refractivity contribution in [2.24, 2.45) is 0 Å². The zero-order valence-electron chi connectivity index (χ0n) is 24.8. The summed E-state index contributed by atoms with van der Waals surface area (Å²) in [6.45, 7) is 0. The molecule has 4 nitrogen and oxygen atoms in total. The van der Waals surface area contributed by atoms with E-state index in [1.54, 1.807) is 0 Å². The molecule has 0 aliphatic heterocycles. The zero-order valence-corrected chi connectivity index (χ0v) is 24.8. The minimum absolute atomic E-state index is 0.918. The van der Waals surface area contributed by atoms with Crippen LogP contribution in [0.15, 0.2) is 158 Å². The third-order valence-corrected chi connectivity index (χ3v) is 9.37. The molecule has 4 heterocycles. The molecule has 10 rings (SSSR count). The van der Waals surface area contributed by atoms with Gasteiger partial charge in [-0.3, -0.25) is 9.97 Å². The molecule has 4 aromatic heterocycles. The highest BCUT2D eigenvalue weighted by Crippen LogP contribution is 2.40. The standard InChI is InChI=1S/C42H26N4/c1-2-11-30(12-3-1)45-36-16-6-4-13-31(36)34-24-27(18-20-38(34)45)28-19-21-39-35(25-28)32-14-5-7-17-37(32)46(39)40-26-29-10-8-22-43-41(29)42-33(40)15-9-23-44-42/h1-26H. The Morgan fingerprint density at radius 2 is 0.913 bits per heavy atom. The molecular weight excluding hydrogens is 560 g/mol. The number of rotatable bonds is 3. The number of benzene rings is 6. The highest BCUT2D eigenvalue weighted by molar-refractivity contribution is 6.15. The van der Waals surface area contributed by atoms with E-state index in [4.69, 9.17) is 4.98 Å². The predicted molar refractivity (Wildman–Crippen MR) is 191 cm³/mol. The summed E-state index contributed by atoms with van der Waals surface area (Å²) < 4.78 is 4.76. The van der Waals surface area contributed by atoms with Crippen LogP contribution in [0.4, 0.5) is 0 Å². The second-order valence-electron chi connectivity index (χ2n) is 11.9. The van der Waals surface area contributed by atoms with Crippen molar-refractivity contribution in [3.8, 4) is 22.5 Å². The molecule has 0 bridgehead atoms. The molecule has 214 valence electrons. The van der Waals surface area contributed by atoms with Crippen molar-refractivity contribution in [1.29, 1.82) is 0 Å². The number of hydrogen-bond acceptors (Lipinski definition) is 2. The van der Waals surface area contributed by atoms with Crippen molar-refractivity contribution in [3.05, 3.63) is 158 Å². The van der Waals surface area contributed by atoms with Crippen LogP contribution in [-0.2, 0) is 0 Å². The van der Waals surface area contributed by atoms with Crippen LogP contribution in [-0.4, -0.2) is 19.1 Å². The van der Waals surface area contributed by atoms with Crippen molar-refractivity contribution in [2.45, 2.75) is 0 Å². The van der Waals surface area contributed by atoms with Gasteiger partial charge in [0.05, 0.1) is 38.8 Å². The molecule has 0 N–H and O–H groups in total. The van der Waals surface area contributed by atoms with Crippen molar-refractivity contribution in [1.82, 2.24) is 19.1 Å². The van der Waals surface area contributed by atoms with E-state index in [9.17, 15) is 0 Å². The van der Waals surface area contributed by atoms with Crippen LogP contribution < -0.4 is 0 Å². The van der Waals surface area contributed by atoms with Crippen molar-refractivity contribution < 1.29 is 0 Å². The molecule has 0 aliphatic carbocycles. The number of fused-ring (bicyclic) bond motifs is 9. The Balaban J connectivity index is 1.22. The van der Waals surface area contributed by atoms with Gasteiger partial charge >= 0.3 is 0 Å². The van der Waals surface area contributed by atoms with Crippen LogP contribution in [0.1, 0.15) is 0 Å². The lowest BCUT2D eigenvalue weighted by Gasteiger charge is -2.13. The third kappa shape index (κ3) is 3.55. The van der Waals surface area contributed by atoms with E-state index in [-0.39, 0.29) is 0 Å². The van der Waals surface area contributed by atoms with Gasteiger partial charge in [0.15, 0.2) is 0 Å². The van der Waals surface area contributed by atoms with Crippen LogP contribution in [0.25, 0.3) is 87.9 Å². The van der Waals surface area contributed by atoms with Gasteiger partial charge in [-0.1, -0.05) is 72.8 Å². The summed E-state index contributed by atoms with van der Waals surface area (Å²) in [6.07, 6.45) is 3.70. The molecule has 0 amide bonds. The van der Waals surface area contributed by atoms with Gasteiger partial charge in [-0.05, 0) is 83.9 Å². The predicted octanol–water partition coefficient (Wildman–Crippen LogP) is 10.6. The Morgan fingerprint density at radius 3 is 1.63 bits per heavy atom. The Hall–Kier alpha value is -6.26. The number of para-hydroxylation sites is 3. The number of nitrogens with zero attached hydrogens (tertiary/aromatic N) is 4. The van der Waals surface area contributed by atoms with Gasteiger partial charge in [-0.2, -0.15) is 0 Å². The molecule has 6 aromatic carbocycles. The fourth-order valence-electron chi connectivity index (χ4n) is 7.36. The first-order valence-electron chi connectivity index (χ1n) is 15.6. The van der Waals surface area contributed by atoms with Gasteiger partial charge in [0.25, 0.3) is 0 Å². The zero-order chi connectivity index (χ0) is 30.2. The molecule has 0 saturated heterocycles. The SMILES string of the molecule is c1ccc(-n2c3ccccc3c3cc(-c4ccc5c(c4)c4ccccc4n5-c4cc5cccnc5c5ncccc45)ccc32)cc1. The number of hydrogen-bond donors (Lipinski definition) is 0. The second-order valence-corrected chi connectivity index (χ2v) is 11.9. The van der Waals surface area contributed by atoms with E-state index >= 15 is 0 Å². The van der Waals surface area contributed by atoms with Crippen molar-refractivity contribution in [3.63, 3.8) is 0 Å². The van der Waals surface area contributed by atoms with Crippen LogP contribution in [0, 0.1) is 0 Å². The van der Waals surface area contributed by atoms with E-state index in [2.05, 4.69) is 148 Å². The summed E-state index contributed by atoms with van der Waals surface area (Å²) >= 11 is 0. The maximum Gasteiger partial charge on any atom is 0.0985 e. The minimum atomic E-state index is 0.918. The average Bonchev–Trinajstić information content (AvgIpc) is 3.64. The van der Waals surface area contributed by atoms with Crippen molar-refractivity contribution >= 4 is 65.4 Å². The second kappa shape index (κ2) is 9.62. The molecule has 46 heavy (non-hydrogen) atoms. The molecule has 0 unspecified atom stereocenters. The summed E-state index contributed by atoms with van der Waals surface area (Å²) in [6, 6.07) is 52.3. The molecule has 10 aromatic rings. The quantitative estimate of drug-likeness (QED) is 0.193. The lowest BCUT2D eigenvalue weighted by molar-refractivity contribution is 1.18. The Morgan fingerprint density at radius 1 is 0.370 bits per heavy atom. The van der Waals surface area contributed by atoms with Gasteiger partial charge < -0.3 is 9.13 Å².